The van der Waals surface area contributed by atoms with Crippen LogP contribution in [0.5, 0.6) is 23.0 Å². The number of ether oxygens (including phenoxy) is 4. The summed E-state index contributed by atoms with van der Waals surface area (Å²) in [5.41, 5.74) is -0.000559. The summed E-state index contributed by atoms with van der Waals surface area (Å²) in [6, 6.07) is 7.63. The summed E-state index contributed by atoms with van der Waals surface area (Å²) < 4.78 is 18.8. The van der Waals surface area contributed by atoms with E-state index in [0.29, 0.717) is 0 Å². The quantitative estimate of drug-likeness (QED) is 0.239. The Hall–Kier alpha value is -3.61. The molecule has 200 valence electrons. The number of aliphatic carboxylic acids is 4. The van der Waals surface area contributed by atoms with Gasteiger partial charge in [0.15, 0.2) is 26.4 Å². The second kappa shape index (κ2) is 13.1. The van der Waals surface area contributed by atoms with Crippen LogP contribution in [0.25, 0.3) is 0 Å². The summed E-state index contributed by atoms with van der Waals surface area (Å²) in [6.45, 7) is -3.03. The van der Waals surface area contributed by atoms with E-state index in [-0.39, 0.29) is 34.1 Å². The van der Waals surface area contributed by atoms with Crippen molar-refractivity contribution in [1.29, 1.82) is 0 Å². The van der Waals surface area contributed by atoms with Gasteiger partial charge in [0.2, 0.25) is 3.79 Å². The fourth-order valence-electron chi connectivity index (χ4n) is 3.04. The molecule has 0 radical (unpaired) electrons. The van der Waals surface area contributed by atoms with E-state index in [4.69, 9.17) is 74.2 Å². The Balaban J connectivity index is 2.73. The summed E-state index contributed by atoms with van der Waals surface area (Å²) in [5.74, 6) is -6.79. The van der Waals surface area contributed by atoms with Crippen molar-refractivity contribution >= 4 is 58.7 Å². The third kappa shape index (κ3) is 9.41. The van der Waals surface area contributed by atoms with Gasteiger partial charge in [-0.05, 0) is 36.4 Å². The standard InChI is InChI=1S/C22H19Cl3O12/c23-22(24,25)21(13-5-11(34-7-17(26)27)1-3-15(13)36-9-19(30)31)14-6-12(35-8-18(28)29)2-4-16(14)37-10-20(32)33/h1-6,21H,7-10H2,(H,26,27)(H,28,29)(H,30,31)(H,32,33). The molecule has 0 heterocycles. The molecule has 0 unspecified atom stereocenters. The molecular formula is C22H19Cl3O12. The Labute approximate surface area is 223 Å². The Kier molecular flexibility index (Phi) is 10.5. The lowest BCUT2D eigenvalue weighted by atomic mass is 9.90. The van der Waals surface area contributed by atoms with E-state index in [2.05, 4.69) is 0 Å². The summed E-state index contributed by atoms with van der Waals surface area (Å²) >= 11 is 18.9. The van der Waals surface area contributed by atoms with Crippen molar-refractivity contribution in [3.05, 3.63) is 47.5 Å². The second-order valence-electron chi connectivity index (χ2n) is 7.10. The molecule has 0 aromatic heterocycles. The molecule has 0 fully saturated rings. The van der Waals surface area contributed by atoms with Gasteiger partial charge in [0.25, 0.3) is 0 Å². The maximum absolute atomic E-state index is 11.1. The minimum Gasteiger partial charge on any atom is -0.482 e. The lowest BCUT2D eigenvalue weighted by Crippen LogP contribution is -2.22. The SMILES string of the molecule is O=C(O)COc1ccc(OCC(=O)O)c(C(c2cc(OCC(=O)O)ccc2OCC(=O)O)C(Cl)(Cl)Cl)c1. The van der Waals surface area contributed by atoms with Crippen molar-refractivity contribution in [3.63, 3.8) is 0 Å². The number of halogens is 3. The number of alkyl halides is 3. The van der Waals surface area contributed by atoms with Gasteiger partial charge in [-0.15, -0.1) is 0 Å². The van der Waals surface area contributed by atoms with E-state index in [1.165, 1.54) is 36.4 Å². The minimum atomic E-state index is -2.24. The molecule has 4 N–H and O–H groups in total. The van der Waals surface area contributed by atoms with Crippen LogP contribution in [0.2, 0.25) is 0 Å². The molecule has 0 atom stereocenters. The fourth-order valence-corrected chi connectivity index (χ4v) is 3.74. The molecular weight excluding hydrogens is 563 g/mol. The Morgan fingerprint density at radius 1 is 0.622 bits per heavy atom. The third-order valence-corrected chi connectivity index (χ3v) is 4.99. The zero-order chi connectivity index (χ0) is 27.8. The highest BCUT2D eigenvalue weighted by atomic mass is 35.6. The van der Waals surface area contributed by atoms with E-state index in [0.717, 1.165) is 0 Å². The summed E-state index contributed by atoms with van der Waals surface area (Å²) in [5, 5.41) is 36.0. The van der Waals surface area contributed by atoms with E-state index in [1.807, 2.05) is 0 Å². The average molecular weight is 582 g/mol. The molecule has 0 saturated heterocycles. The van der Waals surface area contributed by atoms with Crippen LogP contribution in [0.1, 0.15) is 17.0 Å². The number of carbonyl (C=O) groups is 4. The molecule has 0 spiro atoms. The highest BCUT2D eigenvalue weighted by Gasteiger charge is 2.40. The molecule has 2 aromatic rings. The normalized spacial score (nSPS) is 11.0. The molecule has 0 aliphatic carbocycles. The van der Waals surface area contributed by atoms with Crippen LogP contribution in [0.4, 0.5) is 0 Å². The van der Waals surface area contributed by atoms with Gasteiger partial charge < -0.3 is 39.4 Å². The number of benzene rings is 2. The molecule has 15 heteroatoms. The monoisotopic (exact) mass is 580 g/mol. The van der Waals surface area contributed by atoms with Gasteiger partial charge in [-0.2, -0.15) is 0 Å². The third-order valence-electron chi connectivity index (χ3n) is 4.34. The van der Waals surface area contributed by atoms with E-state index in [9.17, 15) is 19.2 Å². The lowest BCUT2D eigenvalue weighted by molar-refractivity contribution is -0.140. The first-order valence-corrected chi connectivity index (χ1v) is 11.1. The predicted octanol–water partition coefficient (Wildman–Crippen LogP) is 3.04. The lowest BCUT2D eigenvalue weighted by Gasteiger charge is -2.29. The van der Waals surface area contributed by atoms with Crippen LogP contribution < -0.4 is 18.9 Å². The summed E-state index contributed by atoms with van der Waals surface area (Å²) in [7, 11) is 0. The average Bonchev–Trinajstić information content (AvgIpc) is 2.79. The van der Waals surface area contributed by atoms with Gasteiger partial charge in [0.1, 0.15) is 23.0 Å². The predicted molar refractivity (Wildman–Crippen MR) is 128 cm³/mol. The van der Waals surface area contributed by atoms with Gasteiger partial charge in [0, 0.05) is 11.1 Å². The molecule has 12 nitrogen and oxygen atoms in total. The molecule has 2 rings (SSSR count). The molecule has 0 aliphatic rings. The zero-order valence-electron chi connectivity index (χ0n) is 18.6. The summed E-state index contributed by atoms with van der Waals surface area (Å²) in [4.78, 5) is 44.1. The van der Waals surface area contributed by atoms with Crippen molar-refractivity contribution in [2.24, 2.45) is 0 Å². The van der Waals surface area contributed by atoms with E-state index >= 15 is 0 Å². The number of rotatable bonds is 14. The minimum absolute atomic E-state index is 0.000279. The smallest absolute Gasteiger partial charge is 0.341 e. The number of hydrogen-bond donors (Lipinski definition) is 4. The number of hydrogen-bond acceptors (Lipinski definition) is 8. The van der Waals surface area contributed by atoms with Gasteiger partial charge in [-0.1, -0.05) is 34.8 Å². The van der Waals surface area contributed by atoms with Gasteiger partial charge in [0.05, 0.1) is 5.92 Å². The van der Waals surface area contributed by atoms with Crippen LogP contribution in [-0.2, 0) is 19.2 Å². The number of carboxylic acids is 4. The molecule has 0 saturated carbocycles. The van der Waals surface area contributed by atoms with Gasteiger partial charge >= 0.3 is 23.9 Å². The highest BCUT2D eigenvalue weighted by Crippen LogP contribution is 2.51. The maximum atomic E-state index is 11.1. The van der Waals surface area contributed by atoms with Gasteiger partial charge in [-0.3, -0.25) is 0 Å². The van der Waals surface area contributed by atoms with Crippen molar-refractivity contribution < 1.29 is 58.6 Å². The largest absolute Gasteiger partial charge is 0.482 e. The molecule has 0 bridgehead atoms. The maximum Gasteiger partial charge on any atom is 0.341 e. The zero-order valence-corrected chi connectivity index (χ0v) is 20.8. The molecule has 0 amide bonds. The summed E-state index contributed by atoms with van der Waals surface area (Å²) in [6.07, 6.45) is 0. The van der Waals surface area contributed by atoms with Crippen LogP contribution in [0, 0.1) is 0 Å². The first-order valence-electron chi connectivity index (χ1n) is 10.0. The molecule has 2 aromatic carbocycles. The van der Waals surface area contributed by atoms with Crippen molar-refractivity contribution in [2.75, 3.05) is 26.4 Å². The number of carboxylic acid groups (broad SMARTS) is 4. The highest BCUT2D eigenvalue weighted by molar-refractivity contribution is 6.68. The van der Waals surface area contributed by atoms with Crippen molar-refractivity contribution in [2.45, 2.75) is 9.71 Å². The second-order valence-corrected chi connectivity index (χ2v) is 9.47. The Morgan fingerprint density at radius 3 is 1.24 bits per heavy atom. The topological polar surface area (TPSA) is 186 Å². The molecule has 37 heavy (non-hydrogen) atoms. The van der Waals surface area contributed by atoms with Crippen LogP contribution in [0.3, 0.4) is 0 Å². The Morgan fingerprint density at radius 2 is 0.946 bits per heavy atom. The van der Waals surface area contributed by atoms with Crippen LogP contribution >= 0.6 is 34.8 Å². The van der Waals surface area contributed by atoms with E-state index < -0.39 is 60.0 Å². The van der Waals surface area contributed by atoms with E-state index in [1.54, 1.807) is 0 Å². The fraction of sp³-hybridized carbons (Fsp3) is 0.273. The van der Waals surface area contributed by atoms with Crippen LogP contribution in [0.15, 0.2) is 36.4 Å². The van der Waals surface area contributed by atoms with Crippen molar-refractivity contribution in [3.8, 4) is 23.0 Å². The first-order chi connectivity index (χ1) is 17.3. The van der Waals surface area contributed by atoms with Crippen LogP contribution in [-0.4, -0.2) is 74.5 Å². The van der Waals surface area contributed by atoms with Gasteiger partial charge in [-0.25, -0.2) is 19.2 Å². The molecule has 0 aliphatic heterocycles. The Bertz CT molecular complexity index is 1080. The first kappa shape index (κ1) is 29.6. The van der Waals surface area contributed by atoms with Crippen molar-refractivity contribution in [1.82, 2.24) is 0 Å².